The van der Waals surface area contributed by atoms with Crippen molar-refractivity contribution in [2.75, 3.05) is 18.0 Å². The van der Waals surface area contributed by atoms with Crippen LogP contribution in [0.3, 0.4) is 0 Å². The fourth-order valence-electron chi connectivity index (χ4n) is 2.69. The molecule has 1 fully saturated rings. The molecule has 3 heterocycles. The van der Waals surface area contributed by atoms with Crippen molar-refractivity contribution < 1.29 is 0 Å². The minimum atomic E-state index is 0.205. The van der Waals surface area contributed by atoms with Crippen LogP contribution in [0.5, 0.6) is 0 Å². The molecule has 0 radical (unpaired) electrons. The number of hydrogen-bond acceptors (Lipinski definition) is 6. The summed E-state index contributed by atoms with van der Waals surface area (Å²) >= 11 is 0. The van der Waals surface area contributed by atoms with Crippen LogP contribution in [0.2, 0.25) is 0 Å². The molecule has 0 amide bonds. The van der Waals surface area contributed by atoms with E-state index in [-0.39, 0.29) is 6.04 Å². The highest BCUT2D eigenvalue weighted by Crippen LogP contribution is 2.22. The van der Waals surface area contributed by atoms with Gasteiger partial charge in [0, 0.05) is 24.7 Å². The van der Waals surface area contributed by atoms with Crippen LogP contribution in [0.4, 0.5) is 5.95 Å². The molecule has 1 aliphatic heterocycles. The molecule has 0 saturated carbocycles. The number of piperidine rings is 1. The summed E-state index contributed by atoms with van der Waals surface area (Å²) in [5.74, 6) is 1.47. The molecule has 2 aromatic rings. The molecule has 3 N–H and O–H groups in total. The van der Waals surface area contributed by atoms with Crippen molar-refractivity contribution in [3.05, 3.63) is 17.5 Å². The first-order chi connectivity index (χ1) is 10.2. The Bertz CT molecular complexity index is 622. The van der Waals surface area contributed by atoms with Gasteiger partial charge in [0.2, 0.25) is 5.95 Å². The predicted octanol–water partition coefficient (Wildman–Crippen LogP) is 1.06. The maximum atomic E-state index is 6.02. The summed E-state index contributed by atoms with van der Waals surface area (Å²) < 4.78 is 0. The van der Waals surface area contributed by atoms with E-state index in [1.54, 1.807) is 0 Å². The minimum absolute atomic E-state index is 0.205. The van der Waals surface area contributed by atoms with Gasteiger partial charge in [-0.2, -0.15) is 15.2 Å². The second-order valence-electron chi connectivity index (χ2n) is 5.53. The molecule has 0 aromatic carbocycles. The van der Waals surface area contributed by atoms with Crippen LogP contribution in [-0.4, -0.2) is 44.5 Å². The summed E-state index contributed by atoms with van der Waals surface area (Å²) in [6.07, 6.45) is 2.97. The monoisotopic (exact) mass is 287 g/mol. The molecule has 3 rings (SSSR count). The van der Waals surface area contributed by atoms with Crippen LogP contribution in [0, 0.1) is 6.92 Å². The Labute approximate surface area is 124 Å². The van der Waals surface area contributed by atoms with E-state index in [2.05, 4.69) is 37.2 Å². The molecular formula is C14H21N7. The smallest absolute Gasteiger partial charge is 0.245 e. The van der Waals surface area contributed by atoms with Gasteiger partial charge in [-0.15, -0.1) is 5.10 Å². The van der Waals surface area contributed by atoms with E-state index in [9.17, 15) is 0 Å². The van der Waals surface area contributed by atoms with Crippen molar-refractivity contribution in [2.24, 2.45) is 5.73 Å². The number of H-pyrrole nitrogens is 1. The Morgan fingerprint density at radius 2 is 2.29 bits per heavy atom. The first-order valence-electron chi connectivity index (χ1n) is 7.44. The average molecular weight is 287 g/mol. The van der Waals surface area contributed by atoms with E-state index in [0.717, 1.165) is 61.1 Å². The van der Waals surface area contributed by atoms with Crippen molar-refractivity contribution in [3.63, 3.8) is 0 Å². The lowest BCUT2D eigenvalue weighted by molar-refractivity contribution is 0.500. The summed E-state index contributed by atoms with van der Waals surface area (Å²) in [4.78, 5) is 6.76. The van der Waals surface area contributed by atoms with Crippen LogP contribution in [0.1, 0.15) is 31.2 Å². The zero-order valence-corrected chi connectivity index (χ0v) is 12.5. The lowest BCUT2D eigenvalue weighted by Crippen LogP contribution is -2.43. The third-order valence-corrected chi connectivity index (χ3v) is 3.80. The first-order valence-corrected chi connectivity index (χ1v) is 7.44. The summed E-state index contributed by atoms with van der Waals surface area (Å²) in [5.41, 5.74) is 8.80. The summed E-state index contributed by atoms with van der Waals surface area (Å²) in [7, 11) is 0. The molecule has 1 unspecified atom stereocenters. The third kappa shape index (κ3) is 2.87. The van der Waals surface area contributed by atoms with Crippen molar-refractivity contribution >= 4 is 5.95 Å². The fraction of sp³-hybridized carbons (Fsp3) is 0.571. The third-order valence-electron chi connectivity index (χ3n) is 3.80. The van der Waals surface area contributed by atoms with Gasteiger partial charge in [0.05, 0.1) is 11.4 Å². The number of aromatic nitrogens is 5. The second-order valence-corrected chi connectivity index (χ2v) is 5.53. The van der Waals surface area contributed by atoms with Crippen molar-refractivity contribution in [1.82, 2.24) is 25.4 Å². The number of nitrogens with zero attached hydrogens (tertiary/aromatic N) is 5. The first kappa shape index (κ1) is 13.9. The number of nitrogens with two attached hydrogens (primary N) is 1. The van der Waals surface area contributed by atoms with Crippen LogP contribution in [-0.2, 0) is 6.42 Å². The molecule has 7 nitrogen and oxygen atoms in total. The number of anilines is 1. The van der Waals surface area contributed by atoms with E-state index in [0.29, 0.717) is 0 Å². The average Bonchev–Trinajstić information content (AvgIpc) is 2.97. The molecule has 112 valence electrons. The summed E-state index contributed by atoms with van der Waals surface area (Å²) in [6, 6.07) is 2.20. The highest BCUT2D eigenvalue weighted by molar-refractivity contribution is 5.59. The molecule has 1 aliphatic rings. The highest BCUT2D eigenvalue weighted by Gasteiger charge is 2.21. The number of nitrogens with one attached hydrogen (secondary N) is 1. The molecule has 2 aromatic heterocycles. The number of aryl methyl sites for hydroxylation is 2. The fourth-order valence-corrected chi connectivity index (χ4v) is 2.69. The molecule has 0 aliphatic carbocycles. The Balaban J connectivity index is 1.89. The zero-order chi connectivity index (χ0) is 14.8. The van der Waals surface area contributed by atoms with Crippen LogP contribution < -0.4 is 10.6 Å². The van der Waals surface area contributed by atoms with Crippen molar-refractivity contribution in [1.29, 1.82) is 0 Å². The molecule has 21 heavy (non-hydrogen) atoms. The Hall–Kier alpha value is -2.02. The van der Waals surface area contributed by atoms with E-state index < -0.39 is 0 Å². The van der Waals surface area contributed by atoms with E-state index >= 15 is 0 Å². The van der Waals surface area contributed by atoms with Gasteiger partial charge >= 0.3 is 0 Å². The number of hydrogen-bond donors (Lipinski definition) is 2. The lowest BCUT2D eigenvalue weighted by Gasteiger charge is -2.29. The topological polar surface area (TPSA) is 96.6 Å². The molecule has 1 atom stereocenters. The Morgan fingerprint density at radius 1 is 1.43 bits per heavy atom. The van der Waals surface area contributed by atoms with Crippen LogP contribution in [0.15, 0.2) is 6.07 Å². The van der Waals surface area contributed by atoms with Gasteiger partial charge in [-0.25, -0.2) is 0 Å². The molecular weight excluding hydrogens is 266 g/mol. The quantitative estimate of drug-likeness (QED) is 0.876. The van der Waals surface area contributed by atoms with Gasteiger partial charge in [0.25, 0.3) is 0 Å². The minimum Gasteiger partial charge on any atom is -0.338 e. The number of rotatable bonds is 3. The Morgan fingerprint density at radius 3 is 3.05 bits per heavy atom. The van der Waals surface area contributed by atoms with Crippen LogP contribution in [0.25, 0.3) is 11.4 Å². The SMILES string of the molecule is CCc1nnc(C)cc1-c1nc(N2CCCC(N)C2)n[nH]1. The van der Waals surface area contributed by atoms with Gasteiger partial charge in [0.1, 0.15) is 0 Å². The van der Waals surface area contributed by atoms with Crippen molar-refractivity contribution in [3.8, 4) is 11.4 Å². The van der Waals surface area contributed by atoms with E-state index in [1.165, 1.54) is 0 Å². The largest absolute Gasteiger partial charge is 0.338 e. The summed E-state index contributed by atoms with van der Waals surface area (Å²) in [5, 5.41) is 15.7. The lowest BCUT2D eigenvalue weighted by atomic mass is 10.1. The molecule has 0 spiro atoms. The molecule has 0 bridgehead atoms. The van der Waals surface area contributed by atoms with Gasteiger partial charge in [0.15, 0.2) is 5.82 Å². The standard InChI is InChI=1S/C14H21N7/c1-3-12-11(7-9(2)17-18-12)13-16-14(20-19-13)21-6-4-5-10(15)8-21/h7,10H,3-6,8,15H2,1-2H3,(H,16,19,20). The summed E-state index contributed by atoms with van der Waals surface area (Å²) in [6.45, 7) is 5.76. The van der Waals surface area contributed by atoms with Gasteiger partial charge < -0.3 is 10.6 Å². The maximum absolute atomic E-state index is 6.02. The van der Waals surface area contributed by atoms with E-state index in [1.807, 2.05) is 13.0 Å². The second kappa shape index (κ2) is 5.77. The van der Waals surface area contributed by atoms with E-state index in [4.69, 9.17) is 5.73 Å². The van der Waals surface area contributed by atoms with Gasteiger partial charge in [-0.05, 0) is 32.3 Å². The van der Waals surface area contributed by atoms with Gasteiger partial charge in [-0.3, -0.25) is 5.10 Å². The molecule has 7 heteroatoms. The Kier molecular flexibility index (Phi) is 3.83. The number of aromatic amines is 1. The van der Waals surface area contributed by atoms with Gasteiger partial charge in [-0.1, -0.05) is 6.92 Å². The predicted molar refractivity (Wildman–Crippen MR) is 80.9 cm³/mol. The zero-order valence-electron chi connectivity index (χ0n) is 12.5. The van der Waals surface area contributed by atoms with Crippen LogP contribution >= 0.6 is 0 Å². The molecule has 1 saturated heterocycles. The van der Waals surface area contributed by atoms with Crippen molar-refractivity contribution in [2.45, 2.75) is 39.2 Å². The highest BCUT2D eigenvalue weighted by atomic mass is 15.4. The maximum Gasteiger partial charge on any atom is 0.245 e. The normalized spacial score (nSPS) is 19.0.